The molecule has 0 aromatic heterocycles. The van der Waals surface area contributed by atoms with Gasteiger partial charge in [0, 0.05) is 6.54 Å². The molecule has 0 aliphatic carbocycles. The monoisotopic (exact) mass is 293 g/mol. The normalized spacial score (nSPS) is 11.0. The molecule has 0 radical (unpaired) electrons. The molecule has 0 heterocycles. The predicted molar refractivity (Wildman–Crippen MR) is 80.7 cm³/mol. The van der Waals surface area contributed by atoms with Gasteiger partial charge < -0.3 is 15.2 Å². The van der Waals surface area contributed by atoms with Gasteiger partial charge >= 0.3 is 12.1 Å². The van der Waals surface area contributed by atoms with E-state index in [2.05, 4.69) is 5.32 Å². The molecule has 0 atom stereocenters. The number of nitrogens with one attached hydrogen (secondary N) is 1. The third-order valence-corrected chi connectivity index (χ3v) is 2.87. The average Bonchev–Trinajstić information content (AvgIpc) is 2.36. The van der Waals surface area contributed by atoms with Crippen LogP contribution in [0.15, 0.2) is 18.2 Å². The molecule has 5 nitrogen and oxygen atoms in total. The van der Waals surface area contributed by atoms with Crippen molar-refractivity contribution in [1.29, 1.82) is 0 Å². The van der Waals surface area contributed by atoms with Crippen LogP contribution in [-0.4, -0.2) is 29.3 Å². The topological polar surface area (TPSA) is 75.6 Å². The maximum atomic E-state index is 11.5. The number of rotatable bonds is 5. The fourth-order valence-corrected chi connectivity index (χ4v) is 1.91. The summed E-state index contributed by atoms with van der Waals surface area (Å²) in [4.78, 5) is 22.7. The molecule has 0 saturated heterocycles. The number of hydrogen-bond acceptors (Lipinski definition) is 3. The van der Waals surface area contributed by atoms with Gasteiger partial charge in [0.15, 0.2) is 0 Å². The highest BCUT2D eigenvalue weighted by molar-refractivity contribution is 5.89. The molecule has 0 bridgehead atoms. The fourth-order valence-electron chi connectivity index (χ4n) is 1.91. The number of ether oxygens (including phenoxy) is 1. The second kappa shape index (κ2) is 7.11. The van der Waals surface area contributed by atoms with Crippen molar-refractivity contribution in [3.8, 4) is 0 Å². The first-order chi connectivity index (χ1) is 9.73. The van der Waals surface area contributed by atoms with Gasteiger partial charge in [0.25, 0.3) is 0 Å². The second-order valence-electron chi connectivity index (χ2n) is 5.83. The SMILES string of the molecule is CCc1ccc(CCNC(=O)OC(C)(C)C)cc1C(=O)O. The Kier molecular flexibility index (Phi) is 5.76. The van der Waals surface area contributed by atoms with Crippen molar-refractivity contribution in [1.82, 2.24) is 5.32 Å². The van der Waals surface area contributed by atoms with Crippen molar-refractivity contribution >= 4 is 12.1 Å². The zero-order chi connectivity index (χ0) is 16.0. The van der Waals surface area contributed by atoms with E-state index in [0.29, 0.717) is 24.9 Å². The molecule has 5 heteroatoms. The van der Waals surface area contributed by atoms with Crippen molar-refractivity contribution in [2.45, 2.75) is 46.1 Å². The van der Waals surface area contributed by atoms with E-state index in [4.69, 9.17) is 4.74 Å². The number of benzene rings is 1. The Balaban J connectivity index is 2.58. The van der Waals surface area contributed by atoms with E-state index in [-0.39, 0.29) is 0 Å². The van der Waals surface area contributed by atoms with Crippen molar-refractivity contribution in [2.24, 2.45) is 0 Å². The van der Waals surface area contributed by atoms with Crippen LogP contribution in [-0.2, 0) is 17.6 Å². The minimum absolute atomic E-state index is 0.326. The van der Waals surface area contributed by atoms with Crippen LogP contribution in [0.3, 0.4) is 0 Å². The van der Waals surface area contributed by atoms with Gasteiger partial charge in [-0.05, 0) is 50.8 Å². The van der Waals surface area contributed by atoms with Gasteiger partial charge in [-0.1, -0.05) is 19.1 Å². The molecule has 0 unspecified atom stereocenters. The fraction of sp³-hybridized carbons (Fsp3) is 0.500. The number of carboxylic acid groups (broad SMARTS) is 1. The van der Waals surface area contributed by atoms with E-state index in [1.54, 1.807) is 26.8 Å². The largest absolute Gasteiger partial charge is 0.478 e. The molecule has 1 rings (SSSR count). The molecule has 0 saturated carbocycles. The Bertz CT molecular complexity index is 517. The summed E-state index contributed by atoms with van der Waals surface area (Å²) in [6.45, 7) is 7.73. The van der Waals surface area contributed by atoms with Crippen molar-refractivity contribution in [3.05, 3.63) is 34.9 Å². The van der Waals surface area contributed by atoms with Crippen molar-refractivity contribution < 1.29 is 19.4 Å². The average molecular weight is 293 g/mol. The van der Waals surface area contributed by atoms with E-state index in [0.717, 1.165) is 11.1 Å². The number of hydrogen-bond donors (Lipinski definition) is 2. The van der Waals surface area contributed by atoms with Crippen LogP contribution < -0.4 is 5.32 Å². The lowest BCUT2D eigenvalue weighted by atomic mass is 10.0. The molecule has 1 aromatic carbocycles. The van der Waals surface area contributed by atoms with Gasteiger partial charge in [0.1, 0.15) is 5.60 Å². The summed E-state index contributed by atoms with van der Waals surface area (Å²) < 4.78 is 5.13. The Morgan fingerprint density at radius 2 is 1.95 bits per heavy atom. The molecule has 0 spiro atoms. The summed E-state index contributed by atoms with van der Waals surface area (Å²) in [5, 5.41) is 11.8. The number of carbonyl (C=O) groups excluding carboxylic acids is 1. The number of aryl methyl sites for hydroxylation is 1. The summed E-state index contributed by atoms with van der Waals surface area (Å²) in [5.74, 6) is -0.922. The molecule has 0 aliphatic rings. The van der Waals surface area contributed by atoms with E-state index in [9.17, 15) is 14.7 Å². The van der Waals surface area contributed by atoms with Gasteiger partial charge in [-0.2, -0.15) is 0 Å². The van der Waals surface area contributed by atoms with Gasteiger partial charge in [0.05, 0.1) is 5.56 Å². The van der Waals surface area contributed by atoms with E-state index in [1.807, 2.05) is 19.1 Å². The van der Waals surface area contributed by atoms with Crippen LogP contribution in [0.4, 0.5) is 4.79 Å². The molecular formula is C16H23NO4. The first-order valence-corrected chi connectivity index (χ1v) is 7.05. The summed E-state index contributed by atoms with van der Waals surface area (Å²) >= 11 is 0. The first kappa shape index (κ1) is 17.0. The Morgan fingerprint density at radius 1 is 1.29 bits per heavy atom. The molecule has 21 heavy (non-hydrogen) atoms. The van der Waals surface area contributed by atoms with Crippen LogP contribution in [0.2, 0.25) is 0 Å². The molecule has 1 aromatic rings. The second-order valence-corrected chi connectivity index (χ2v) is 5.83. The molecule has 2 N–H and O–H groups in total. The third kappa shape index (κ3) is 5.85. The summed E-state index contributed by atoms with van der Waals surface area (Å²) in [6.07, 6.45) is 0.771. The molecule has 116 valence electrons. The maximum Gasteiger partial charge on any atom is 0.407 e. The smallest absolute Gasteiger partial charge is 0.407 e. The summed E-state index contributed by atoms with van der Waals surface area (Å²) in [7, 11) is 0. The predicted octanol–water partition coefficient (Wildman–Crippen LogP) is 3.01. The Morgan fingerprint density at radius 3 is 2.48 bits per heavy atom. The number of alkyl carbamates (subject to hydrolysis) is 1. The van der Waals surface area contributed by atoms with E-state index < -0.39 is 17.7 Å². The Labute approximate surface area is 125 Å². The number of carbonyl (C=O) groups is 2. The zero-order valence-electron chi connectivity index (χ0n) is 13.0. The molecule has 1 amide bonds. The van der Waals surface area contributed by atoms with Crippen LogP contribution in [0, 0.1) is 0 Å². The highest BCUT2D eigenvalue weighted by Crippen LogP contribution is 2.13. The number of aromatic carboxylic acids is 1. The standard InChI is InChI=1S/C16H23NO4/c1-5-12-7-6-11(10-13(12)14(18)19)8-9-17-15(20)21-16(2,3)4/h6-7,10H,5,8-9H2,1-4H3,(H,17,20)(H,18,19). The molecular weight excluding hydrogens is 270 g/mol. The lowest BCUT2D eigenvalue weighted by molar-refractivity contribution is 0.0527. The van der Waals surface area contributed by atoms with Crippen LogP contribution in [0.1, 0.15) is 49.2 Å². The van der Waals surface area contributed by atoms with Gasteiger partial charge in [-0.25, -0.2) is 9.59 Å². The lowest BCUT2D eigenvalue weighted by Crippen LogP contribution is -2.33. The van der Waals surface area contributed by atoms with E-state index >= 15 is 0 Å². The number of carboxylic acids is 1. The summed E-state index contributed by atoms with van der Waals surface area (Å²) in [6, 6.07) is 5.38. The molecule has 0 aliphatic heterocycles. The van der Waals surface area contributed by atoms with Gasteiger partial charge in [0.2, 0.25) is 0 Å². The number of amides is 1. The first-order valence-electron chi connectivity index (χ1n) is 7.05. The lowest BCUT2D eigenvalue weighted by Gasteiger charge is -2.19. The van der Waals surface area contributed by atoms with Gasteiger partial charge in [-0.3, -0.25) is 0 Å². The maximum absolute atomic E-state index is 11.5. The van der Waals surface area contributed by atoms with Crippen molar-refractivity contribution in [3.63, 3.8) is 0 Å². The van der Waals surface area contributed by atoms with E-state index in [1.165, 1.54) is 0 Å². The summed E-state index contributed by atoms with van der Waals surface area (Å²) in [5.41, 5.74) is 1.49. The molecule has 0 fully saturated rings. The van der Waals surface area contributed by atoms with Crippen molar-refractivity contribution in [2.75, 3.05) is 6.54 Å². The Hall–Kier alpha value is -2.04. The zero-order valence-corrected chi connectivity index (χ0v) is 13.0. The minimum atomic E-state index is -0.922. The highest BCUT2D eigenvalue weighted by atomic mass is 16.6. The van der Waals surface area contributed by atoms with Crippen LogP contribution in [0.5, 0.6) is 0 Å². The van der Waals surface area contributed by atoms with Crippen LogP contribution >= 0.6 is 0 Å². The highest BCUT2D eigenvalue weighted by Gasteiger charge is 2.15. The van der Waals surface area contributed by atoms with Gasteiger partial charge in [-0.15, -0.1) is 0 Å². The van der Waals surface area contributed by atoms with Crippen LogP contribution in [0.25, 0.3) is 0 Å². The third-order valence-electron chi connectivity index (χ3n) is 2.87. The minimum Gasteiger partial charge on any atom is -0.478 e. The quantitative estimate of drug-likeness (QED) is 0.875.